The average molecular weight is 244 g/mol. The highest BCUT2D eigenvalue weighted by Crippen LogP contribution is 2.27. The average Bonchev–Trinajstić information content (AvgIpc) is 2.29. The Kier molecular flexibility index (Phi) is 10.5. The van der Waals surface area contributed by atoms with Crippen molar-refractivity contribution >= 4 is 8.32 Å². The maximum Gasteiger partial charge on any atom is 0.192 e. The van der Waals surface area contributed by atoms with Crippen LogP contribution in [0.4, 0.5) is 0 Å². The summed E-state index contributed by atoms with van der Waals surface area (Å²) in [6.07, 6.45) is 9.59. The highest BCUT2D eigenvalue weighted by Gasteiger charge is 2.30. The molecule has 0 aliphatic heterocycles. The molecule has 0 unspecified atom stereocenters. The minimum Gasteiger partial charge on any atom is -0.420 e. The molecule has 0 N–H and O–H groups in total. The third-order valence-corrected chi connectivity index (χ3v) is 8.53. The second-order valence-corrected chi connectivity index (χ2v) is 9.33. The van der Waals surface area contributed by atoms with Crippen molar-refractivity contribution in [3.05, 3.63) is 0 Å². The van der Waals surface area contributed by atoms with E-state index >= 15 is 0 Å². The van der Waals surface area contributed by atoms with Gasteiger partial charge >= 0.3 is 0 Å². The largest absolute Gasteiger partial charge is 0.420 e. The summed E-state index contributed by atoms with van der Waals surface area (Å²) in [5.74, 6) is 0. The molecule has 0 aliphatic rings. The fourth-order valence-electron chi connectivity index (χ4n) is 2.64. The Morgan fingerprint density at radius 1 is 0.688 bits per heavy atom. The Balaban J connectivity index is 3.89. The number of hydrogen-bond donors (Lipinski definition) is 0. The van der Waals surface area contributed by atoms with Crippen LogP contribution in [-0.4, -0.2) is 15.4 Å². The summed E-state index contributed by atoms with van der Waals surface area (Å²) in [5.41, 5.74) is 0. The van der Waals surface area contributed by atoms with Gasteiger partial charge in [-0.2, -0.15) is 0 Å². The van der Waals surface area contributed by atoms with Crippen LogP contribution in [0.25, 0.3) is 0 Å². The summed E-state index contributed by atoms with van der Waals surface area (Å²) >= 11 is 0. The molecule has 0 spiro atoms. The molecule has 2 heteroatoms. The van der Waals surface area contributed by atoms with Gasteiger partial charge in [0.2, 0.25) is 0 Å². The van der Waals surface area contributed by atoms with Gasteiger partial charge in [0, 0.05) is 7.11 Å². The fraction of sp³-hybridized carbons (Fsp3) is 1.00. The predicted molar refractivity (Wildman–Crippen MR) is 76.5 cm³/mol. The van der Waals surface area contributed by atoms with Gasteiger partial charge < -0.3 is 4.43 Å². The molecule has 0 radical (unpaired) electrons. The van der Waals surface area contributed by atoms with Crippen LogP contribution in [0, 0.1) is 0 Å². The third kappa shape index (κ3) is 6.69. The van der Waals surface area contributed by atoms with Crippen LogP contribution >= 0.6 is 0 Å². The summed E-state index contributed by atoms with van der Waals surface area (Å²) in [6.45, 7) is 6.88. The van der Waals surface area contributed by atoms with Crippen molar-refractivity contribution in [1.82, 2.24) is 0 Å². The highest BCUT2D eigenvalue weighted by molar-refractivity contribution is 6.73. The molecule has 0 amide bonds. The van der Waals surface area contributed by atoms with Gasteiger partial charge in [0.05, 0.1) is 0 Å². The van der Waals surface area contributed by atoms with Crippen molar-refractivity contribution < 1.29 is 4.43 Å². The molecule has 16 heavy (non-hydrogen) atoms. The third-order valence-electron chi connectivity index (χ3n) is 3.58. The van der Waals surface area contributed by atoms with Gasteiger partial charge in [-0.1, -0.05) is 65.7 Å². The van der Waals surface area contributed by atoms with Crippen LogP contribution < -0.4 is 0 Å². The zero-order chi connectivity index (χ0) is 12.3. The van der Waals surface area contributed by atoms with Crippen molar-refractivity contribution in [2.45, 2.75) is 83.8 Å². The summed E-state index contributed by atoms with van der Waals surface area (Å²) < 4.78 is 5.96. The van der Waals surface area contributed by atoms with Crippen molar-refractivity contribution in [1.29, 1.82) is 0 Å². The van der Waals surface area contributed by atoms with Crippen LogP contribution in [0.5, 0.6) is 0 Å². The molecule has 0 aliphatic carbocycles. The van der Waals surface area contributed by atoms with E-state index in [1.165, 1.54) is 63.1 Å². The lowest BCUT2D eigenvalue weighted by atomic mass is 10.2. The SMILES string of the molecule is CCCCCCC[Si](CCC)(CCC)OC. The molecule has 0 bridgehead atoms. The van der Waals surface area contributed by atoms with Gasteiger partial charge in [-0.3, -0.25) is 0 Å². The second-order valence-electron chi connectivity index (χ2n) is 5.05. The van der Waals surface area contributed by atoms with E-state index in [-0.39, 0.29) is 0 Å². The predicted octanol–water partition coefficient (Wildman–Crippen LogP) is 5.37. The van der Waals surface area contributed by atoms with Crippen molar-refractivity contribution in [3.8, 4) is 0 Å². The number of unbranched alkanes of at least 4 members (excludes halogenated alkanes) is 4. The minimum atomic E-state index is -1.33. The number of rotatable bonds is 11. The standard InChI is InChI=1S/C14H32OSi/c1-5-8-9-10-11-14-16(15-4,12-6-2)13-7-3/h5-14H2,1-4H3. The van der Waals surface area contributed by atoms with E-state index in [2.05, 4.69) is 20.8 Å². The van der Waals surface area contributed by atoms with Gasteiger partial charge in [0.1, 0.15) is 0 Å². The fourth-order valence-corrected chi connectivity index (χ4v) is 6.72. The lowest BCUT2D eigenvalue weighted by molar-refractivity contribution is 0.384. The summed E-state index contributed by atoms with van der Waals surface area (Å²) in [6, 6.07) is 4.13. The smallest absolute Gasteiger partial charge is 0.192 e. The first kappa shape index (κ1) is 16.2. The lowest BCUT2D eigenvalue weighted by Gasteiger charge is -2.29. The van der Waals surface area contributed by atoms with Crippen molar-refractivity contribution in [3.63, 3.8) is 0 Å². The van der Waals surface area contributed by atoms with Crippen LogP contribution in [0.3, 0.4) is 0 Å². The van der Waals surface area contributed by atoms with Crippen LogP contribution in [-0.2, 0) is 4.43 Å². The van der Waals surface area contributed by atoms with Gasteiger partial charge in [-0.05, 0) is 18.1 Å². The van der Waals surface area contributed by atoms with E-state index in [0.717, 1.165) is 0 Å². The second kappa shape index (κ2) is 10.3. The Bertz CT molecular complexity index is 142. The number of hydrogen-bond acceptors (Lipinski definition) is 1. The summed E-state index contributed by atoms with van der Waals surface area (Å²) in [7, 11) is 0.632. The molecule has 0 aromatic carbocycles. The van der Waals surface area contributed by atoms with E-state index in [4.69, 9.17) is 4.43 Å². The Labute approximate surface area is 104 Å². The van der Waals surface area contributed by atoms with Crippen molar-refractivity contribution in [2.24, 2.45) is 0 Å². The summed E-state index contributed by atoms with van der Waals surface area (Å²) in [5, 5.41) is 0. The maximum atomic E-state index is 5.96. The molecule has 0 atom stereocenters. The molecule has 0 fully saturated rings. The Morgan fingerprint density at radius 3 is 1.69 bits per heavy atom. The minimum absolute atomic E-state index is 1.30. The molecule has 0 saturated carbocycles. The van der Waals surface area contributed by atoms with E-state index in [1.807, 2.05) is 7.11 Å². The normalized spacial score (nSPS) is 12.0. The van der Waals surface area contributed by atoms with Gasteiger partial charge in [-0.25, -0.2) is 0 Å². The molecule has 0 aromatic heterocycles. The van der Waals surface area contributed by atoms with Crippen LogP contribution in [0.1, 0.15) is 65.7 Å². The van der Waals surface area contributed by atoms with Gasteiger partial charge in [0.25, 0.3) is 0 Å². The molecule has 1 nitrogen and oxygen atoms in total. The zero-order valence-electron chi connectivity index (χ0n) is 12.0. The lowest BCUT2D eigenvalue weighted by Crippen LogP contribution is -2.36. The van der Waals surface area contributed by atoms with Crippen LogP contribution in [0.15, 0.2) is 0 Å². The zero-order valence-corrected chi connectivity index (χ0v) is 13.0. The first-order chi connectivity index (χ1) is 7.74. The van der Waals surface area contributed by atoms with E-state index in [9.17, 15) is 0 Å². The molecular weight excluding hydrogens is 212 g/mol. The molecule has 98 valence electrons. The molecule has 0 saturated heterocycles. The Hall–Kier alpha value is 0.177. The molecule has 0 rings (SSSR count). The first-order valence-electron chi connectivity index (χ1n) is 7.29. The van der Waals surface area contributed by atoms with E-state index in [1.54, 1.807) is 0 Å². The van der Waals surface area contributed by atoms with Gasteiger partial charge in [-0.15, -0.1) is 0 Å². The monoisotopic (exact) mass is 244 g/mol. The maximum absolute atomic E-state index is 5.96. The van der Waals surface area contributed by atoms with Crippen molar-refractivity contribution in [2.75, 3.05) is 7.11 Å². The molecule has 0 aromatic rings. The Morgan fingerprint density at radius 2 is 1.25 bits per heavy atom. The quantitative estimate of drug-likeness (QED) is 0.351. The first-order valence-corrected chi connectivity index (χ1v) is 9.82. The molecular formula is C14H32OSi. The highest BCUT2D eigenvalue weighted by atomic mass is 28.4. The van der Waals surface area contributed by atoms with Gasteiger partial charge in [0.15, 0.2) is 8.32 Å². The molecule has 0 heterocycles. The summed E-state index contributed by atoms with van der Waals surface area (Å²) in [4.78, 5) is 0. The van der Waals surface area contributed by atoms with Crippen LogP contribution in [0.2, 0.25) is 18.1 Å². The van der Waals surface area contributed by atoms with E-state index in [0.29, 0.717) is 0 Å². The van der Waals surface area contributed by atoms with E-state index < -0.39 is 8.32 Å². The topological polar surface area (TPSA) is 9.23 Å².